The van der Waals surface area contributed by atoms with Crippen molar-refractivity contribution < 1.29 is 19.4 Å². The van der Waals surface area contributed by atoms with Gasteiger partial charge in [0.2, 0.25) is 0 Å². The van der Waals surface area contributed by atoms with Crippen LogP contribution in [0.1, 0.15) is 31.9 Å². The zero-order valence-electron chi connectivity index (χ0n) is 16.4. The molecule has 0 atom stereocenters. The van der Waals surface area contributed by atoms with Gasteiger partial charge in [0.05, 0.1) is 0 Å². The number of esters is 1. The maximum absolute atomic E-state index is 11.3. The first-order chi connectivity index (χ1) is 13.0. The number of hydrogen-bond acceptors (Lipinski definition) is 7. The van der Waals surface area contributed by atoms with Crippen LogP contribution in [0.15, 0.2) is 48.8 Å². The van der Waals surface area contributed by atoms with Gasteiger partial charge in [-0.1, -0.05) is 0 Å². The molecule has 29 heavy (non-hydrogen) atoms. The first kappa shape index (κ1) is 25.6. The maximum Gasteiger partial charge on any atom is 0.331 e. The topological polar surface area (TPSA) is 141 Å². The summed E-state index contributed by atoms with van der Waals surface area (Å²) >= 11 is 0. The van der Waals surface area contributed by atoms with Gasteiger partial charge in [0.1, 0.15) is 17.2 Å². The predicted molar refractivity (Wildman–Crippen MR) is 116 cm³/mol. The van der Waals surface area contributed by atoms with Crippen molar-refractivity contribution in [1.82, 2.24) is 9.97 Å². The molecule has 2 aromatic heterocycles. The van der Waals surface area contributed by atoms with Crippen molar-refractivity contribution in [2.45, 2.75) is 26.4 Å². The molecule has 0 radical (unpaired) electrons. The number of nitrogen functional groups attached to an aromatic ring is 2. The van der Waals surface area contributed by atoms with E-state index in [2.05, 4.69) is 9.97 Å². The number of nitrogens with zero attached hydrogens (tertiary/aromatic N) is 2. The van der Waals surface area contributed by atoms with E-state index in [1.807, 2.05) is 20.8 Å². The molecule has 0 amide bonds. The Morgan fingerprint density at radius 1 is 0.931 bits per heavy atom. The fourth-order valence-electron chi connectivity index (χ4n) is 1.70. The van der Waals surface area contributed by atoms with E-state index >= 15 is 0 Å². The Labute approximate surface area is 175 Å². The number of carbonyl (C=O) groups is 2. The molecule has 0 saturated heterocycles. The van der Waals surface area contributed by atoms with Crippen LogP contribution in [0.5, 0.6) is 0 Å². The third-order valence-electron chi connectivity index (χ3n) is 2.86. The monoisotopic (exact) mass is 420 g/mol. The zero-order chi connectivity index (χ0) is 21.2. The van der Waals surface area contributed by atoms with Gasteiger partial charge < -0.3 is 21.3 Å². The van der Waals surface area contributed by atoms with Crippen molar-refractivity contribution in [1.29, 1.82) is 0 Å². The minimum absolute atomic E-state index is 0. The van der Waals surface area contributed by atoms with Crippen molar-refractivity contribution in [3.63, 3.8) is 0 Å². The second-order valence-electron chi connectivity index (χ2n) is 6.57. The number of ether oxygens (including phenoxy) is 1. The summed E-state index contributed by atoms with van der Waals surface area (Å²) in [4.78, 5) is 29.1. The first-order valence-corrected chi connectivity index (χ1v) is 8.30. The summed E-state index contributed by atoms with van der Waals surface area (Å²) in [6.45, 7) is 5.47. The summed E-state index contributed by atoms with van der Waals surface area (Å²) in [6.07, 6.45) is 8.62. The molecule has 0 spiro atoms. The Bertz CT molecular complexity index is 842. The van der Waals surface area contributed by atoms with E-state index in [4.69, 9.17) is 21.3 Å². The molecule has 0 aliphatic carbocycles. The van der Waals surface area contributed by atoms with Crippen LogP contribution in [0.2, 0.25) is 0 Å². The van der Waals surface area contributed by atoms with Crippen molar-refractivity contribution >= 4 is 48.1 Å². The lowest BCUT2D eigenvalue weighted by Crippen LogP contribution is -2.22. The quantitative estimate of drug-likeness (QED) is 0.505. The minimum Gasteiger partial charge on any atom is -0.478 e. The highest BCUT2D eigenvalue weighted by Gasteiger charge is 2.13. The summed E-state index contributed by atoms with van der Waals surface area (Å²) in [5.41, 5.74) is 11.8. The normalized spacial score (nSPS) is 10.7. The van der Waals surface area contributed by atoms with Crippen LogP contribution >= 0.6 is 12.4 Å². The number of rotatable bonds is 4. The van der Waals surface area contributed by atoms with E-state index in [1.165, 1.54) is 18.3 Å². The van der Waals surface area contributed by atoms with Crippen molar-refractivity contribution in [3.8, 4) is 0 Å². The molecule has 0 aliphatic rings. The largest absolute Gasteiger partial charge is 0.478 e. The number of nitrogens with two attached hydrogens (primary N) is 2. The highest BCUT2D eigenvalue weighted by molar-refractivity contribution is 5.87. The number of carbonyl (C=O) groups excluding carboxylic acids is 1. The fourth-order valence-corrected chi connectivity index (χ4v) is 1.70. The highest BCUT2D eigenvalue weighted by atomic mass is 35.5. The molecule has 0 saturated carbocycles. The summed E-state index contributed by atoms with van der Waals surface area (Å²) < 4.78 is 5.11. The molecular formula is C20H25ClN4O4. The lowest BCUT2D eigenvalue weighted by atomic mass is 10.2. The molecule has 5 N–H and O–H groups in total. The average Bonchev–Trinajstić information content (AvgIpc) is 2.60. The Kier molecular flexibility index (Phi) is 10.7. The maximum atomic E-state index is 11.3. The number of pyridine rings is 2. The molecule has 0 aromatic carbocycles. The Hall–Kier alpha value is -3.39. The Balaban J connectivity index is 0.000000542. The van der Waals surface area contributed by atoms with Gasteiger partial charge in [0, 0.05) is 24.5 Å². The third kappa shape index (κ3) is 12.6. The van der Waals surface area contributed by atoms with Gasteiger partial charge >= 0.3 is 11.9 Å². The second-order valence-corrected chi connectivity index (χ2v) is 6.57. The van der Waals surface area contributed by atoms with Crippen LogP contribution in [-0.2, 0) is 14.3 Å². The Morgan fingerprint density at radius 2 is 1.38 bits per heavy atom. The van der Waals surface area contributed by atoms with Gasteiger partial charge in [-0.25, -0.2) is 19.6 Å². The van der Waals surface area contributed by atoms with E-state index in [1.54, 1.807) is 36.5 Å². The second kappa shape index (κ2) is 12.1. The van der Waals surface area contributed by atoms with Crippen LogP contribution in [0, 0.1) is 0 Å². The predicted octanol–water partition coefficient (Wildman–Crippen LogP) is 3.20. The van der Waals surface area contributed by atoms with Gasteiger partial charge in [-0.05, 0) is 68.3 Å². The molecule has 0 fully saturated rings. The van der Waals surface area contributed by atoms with Crippen LogP contribution < -0.4 is 11.5 Å². The van der Waals surface area contributed by atoms with E-state index in [9.17, 15) is 9.59 Å². The summed E-state index contributed by atoms with van der Waals surface area (Å²) in [7, 11) is 0. The molecule has 0 aliphatic heterocycles. The number of halogens is 1. The van der Waals surface area contributed by atoms with E-state index < -0.39 is 11.6 Å². The molecule has 2 heterocycles. The summed E-state index contributed by atoms with van der Waals surface area (Å²) in [6, 6.07) is 6.77. The number of hydrogen-bond donors (Lipinski definition) is 3. The standard InChI is InChI=1S/C12H16N2O2.C8H8N2O2.ClH/c1-12(2,3)16-11(15)7-5-9-4-6-10(13)14-8-9;9-7-3-1-6(5-10-7)2-4-8(11)12;/h4-8H,1-3H3,(H2,13,14);1-5H,(H2,9,10)(H,11,12);1H/b7-5+;4-2+;. The number of aromatic nitrogens is 2. The van der Waals surface area contributed by atoms with Crippen molar-refractivity contribution in [2.24, 2.45) is 0 Å². The molecular weight excluding hydrogens is 396 g/mol. The number of carboxylic acids is 1. The lowest BCUT2D eigenvalue weighted by molar-refractivity contribution is -0.148. The van der Waals surface area contributed by atoms with E-state index in [0.717, 1.165) is 11.6 Å². The van der Waals surface area contributed by atoms with E-state index in [-0.39, 0.29) is 18.4 Å². The van der Waals surface area contributed by atoms with E-state index in [0.29, 0.717) is 17.2 Å². The summed E-state index contributed by atoms with van der Waals surface area (Å²) in [5.74, 6) is -0.479. The summed E-state index contributed by atoms with van der Waals surface area (Å²) in [5, 5.41) is 8.30. The lowest BCUT2D eigenvalue weighted by Gasteiger charge is -2.17. The van der Waals surface area contributed by atoms with Crippen LogP contribution in [0.3, 0.4) is 0 Å². The van der Waals surface area contributed by atoms with Crippen LogP contribution in [-0.4, -0.2) is 32.6 Å². The molecule has 2 rings (SSSR count). The van der Waals surface area contributed by atoms with Gasteiger partial charge in [0.25, 0.3) is 0 Å². The number of carboxylic acid groups (broad SMARTS) is 1. The van der Waals surface area contributed by atoms with Crippen LogP contribution in [0.4, 0.5) is 11.6 Å². The zero-order valence-corrected chi connectivity index (χ0v) is 17.2. The molecule has 0 bridgehead atoms. The Morgan fingerprint density at radius 3 is 1.72 bits per heavy atom. The third-order valence-corrected chi connectivity index (χ3v) is 2.86. The average molecular weight is 421 g/mol. The molecule has 9 heteroatoms. The number of aliphatic carboxylic acids is 1. The first-order valence-electron chi connectivity index (χ1n) is 8.30. The number of anilines is 2. The smallest absolute Gasteiger partial charge is 0.331 e. The fraction of sp³-hybridized carbons (Fsp3) is 0.200. The SMILES string of the molecule is CC(C)(C)OC(=O)/C=C/c1ccc(N)nc1.Cl.Nc1ccc(/C=C/C(=O)O)cn1. The van der Waals surface area contributed by atoms with Crippen molar-refractivity contribution in [3.05, 3.63) is 59.9 Å². The molecule has 2 aromatic rings. The molecule has 0 unspecified atom stereocenters. The highest BCUT2D eigenvalue weighted by Crippen LogP contribution is 2.09. The minimum atomic E-state index is -0.980. The van der Waals surface area contributed by atoms with Gasteiger partial charge in [-0.15, -0.1) is 12.4 Å². The van der Waals surface area contributed by atoms with Crippen molar-refractivity contribution in [2.75, 3.05) is 11.5 Å². The molecule has 156 valence electrons. The van der Waals surface area contributed by atoms with Gasteiger partial charge in [-0.2, -0.15) is 0 Å². The van der Waals surface area contributed by atoms with Crippen LogP contribution in [0.25, 0.3) is 12.2 Å². The van der Waals surface area contributed by atoms with Gasteiger partial charge in [0.15, 0.2) is 0 Å². The molecule has 8 nitrogen and oxygen atoms in total. The van der Waals surface area contributed by atoms with Gasteiger partial charge in [-0.3, -0.25) is 0 Å².